The molecule has 0 saturated heterocycles. The fraction of sp³-hybridized carbons (Fsp3) is 0. The van der Waals surface area contributed by atoms with Crippen LogP contribution in [0.2, 0.25) is 0 Å². The summed E-state index contributed by atoms with van der Waals surface area (Å²) >= 11 is 0. The van der Waals surface area contributed by atoms with Crippen LogP contribution in [0, 0.1) is 0 Å². The van der Waals surface area contributed by atoms with Crippen molar-refractivity contribution >= 4 is 76.5 Å². The van der Waals surface area contributed by atoms with Crippen LogP contribution in [-0.4, -0.2) is 19.1 Å². The van der Waals surface area contributed by atoms with Crippen molar-refractivity contribution in [2.24, 2.45) is 0 Å². The fourth-order valence-corrected chi connectivity index (χ4v) is 10.3. The lowest BCUT2D eigenvalue weighted by atomic mass is 9.97. The minimum atomic E-state index is 0.591. The van der Waals surface area contributed by atoms with Crippen molar-refractivity contribution in [2.75, 3.05) is 0 Å². The number of rotatable bonds is 6. The van der Waals surface area contributed by atoms with Crippen LogP contribution in [0.15, 0.2) is 235 Å². The van der Waals surface area contributed by atoms with Gasteiger partial charge in [-0.2, -0.15) is 0 Å². The van der Waals surface area contributed by atoms with E-state index < -0.39 is 0 Å². The van der Waals surface area contributed by atoms with Crippen molar-refractivity contribution in [2.45, 2.75) is 0 Å². The van der Waals surface area contributed by atoms with E-state index in [0.29, 0.717) is 11.5 Å². The number of hydrogen-bond donors (Lipinski definition) is 0. The molecule has 0 bridgehead atoms. The quantitative estimate of drug-likeness (QED) is 0.167. The van der Waals surface area contributed by atoms with Crippen LogP contribution in [0.4, 0.5) is 0 Å². The highest BCUT2D eigenvalue weighted by Gasteiger charge is 2.22. The molecule has 0 atom stereocenters. The Morgan fingerprint density at radius 2 is 0.776 bits per heavy atom. The number of hydrogen-bond acceptors (Lipinski definition) is 3. The molecular formula is C62H38N4O. The van der Waals surface area contributed by atoms with Gasteiger partial charge in [-0.05, 0) is 117 Å². The largest absolute Gasteiger partial charge is 0.452 e. The molecule has 0 fully saturated rings. The third-order valence-electron chi connectivity index (χ3n) is 13.5. The van der Waals surface area contributed by atoms with Gasteiger partial charge in [-0.3, -0.25) is 4.57 Å². The summed E-state index contributed by atoms with van der Waals surface area (Å²) in [6.45, 7) is 0. The molecule has 0 N–H and O–H groups in total. The van der Waals surface area contributed by atoms with Gasteiger partial charge in [0.05, 0.1) is 22.1 Å². The van der Waals surface area contributed by atoms with E-state index in [0.717, 1.165) is 77.5 Å². The third-order valence-corrected chi connectivity index (χ3v) is 13.5. The molecule has 0 aliphatic carbocycles. The maximum absolute atomic E-state index is 6.71. The Hall–Kier alpha value is -9.06. The zero-order valence-electron chi connectivity index (χ0n) is 36.1. The molecular weight excluding hydrogens is 817 g/mol. The molecule has 5 heteroatoms. The van der Waals surface area contributed by atoms with E-state index in [1.54, 1.807) is 0 Å². The van der Waals surface area contributed by atoms with Gasteiger partial charge in [-0.25, -0.2) is 9.97 Å². The van der Waals surface area contributed by atoms with Gasteiger partial charge in [-0.1, -0.05) is 158 Å². The molecule has 67 heavy (non-hydrogen) atoms. The van der Waals surface area contributed by atoms with Crippen molar-refractivity contribution in [3.63, 3.8) is 0 Å². The van der Waals surface area contributed by atoms with Crippen molar-refractivity contribution in [1.82, 2.24) is 19.1 Å². The third kappa shape index (κ3) is 5.95. The van der Waals surface area contributed by atoms with E-state index in [1.165, 1.54) is 43.7 Å². The van der Waals surface area contributed by atoms with Gasteiger partial charge in [0.15, 0.2) is 5.58 Å². The predicted octanol–water partition coefficient (Wildman–Crippen LogP) is 16.4. The van der Waals surface area contributed by atoms with Gasteiger partial charge in [0.2, 0.25) is 5.95 Å². The van der Waals surface area contributed by atoms with Crippen LogP contribution in [0.1, 0.15) is 0 Å². The SMILES string of the molecule is c1ccc(-c2ccc3cc(-c4ccc5oc6c(-c7ccccc7)nc(-n7c8ccccc8c8cc(-c9ccc%10c(c9)c9ccccc9n%10-c9ccccc9)ccc87)nc6c5c4)ccc3c2)cc1. The first-order valence-corrected chi connectivity index (χ1v) is 22.7. The van der Waals surface area contributed by atoms with Crippen LogP contribution in [0.3, 0.4) is 0 Å². The maximum Gasteiger partial charge on any atom is 0.236 e. The van der Waals surface area contributed by atoms with Crippen LogP contribution in [0.25, 0.3) is 133 Å². The molecule has 0 unspecified atom stereocenters. The monoisotopic (exact) mass is 854 g/mol. The molecule has 0 spiro atoms. The minimum absolute atomic E-state index is 0.591. The van der Waals surface area contributed by atoms with Crippen LogP contribution in [0.5, 0.6) is 0 Å². The smallest absolute Gasteiger partial charge is 0.236 e. The molecule has 0 amide bonds. The van der Waals surface area contributed by atoms with E-state index in [9.17, 15) is 0 Å². The number of para-hydroxylation sites is 3. The van der Waals surface area contributed by atoms with Gasteiger partial charge in [0, 0.05) is 38.2 Å². The average Bonchev–Trinajstić information content (AvgIpc) is 4.06. The highest BCUT2D eigenvalue weighted by atomic mass is 16.3. The summed E-state index contributed by atoms with van der Waals surface area (Å²) < 4.78 is 11.3. The van der Waals surface area contributed by atoms with Crippen molar-refractivity contribution in [1.29, 1.82) is 0 Å². The molecule has 14 aromatic rings. The first-order valence-electron chi connectivity index (χ1n) is 22.7. The summed E-state index contributed by atoms with van der Waals surface area (Å²) in [6, 6.07) is 82.2. The van der Waals surface area contributed by atoms with Crippen molar-refractivity contribution in [3.8, 4) is 56.3 Å². The van der Waals surface area contributed by atoms with Gasteiger partial charge in [-0.15, -0.1) is 0 Å². The van der Waals surface area contributed by atoms with E-state index >= 15 is 0 Å². The zero-order valence-corrected chi connectivity index (χ0v) is 36.1. The lowest BCUT2D eigenvalue weighted by Gasteiger charge is -2.10. The summed E-state index contributed by atoms with van der Waals surface area (Å²) in [7, 11) is 0. The first-order chi connectivity index (χ1) is 33.2. The minimum Gasteiger partial charge on any atom is -0.452 e. The number of nitrogens with zero attached hydrogens (tertiary/aromatic N) is 4. The summed E-state index contributed by atoms with van der Waals surface area (Å²) in [5.41, 5.74) is 16.5. The Labute approximate surface area is 385 Å². The van der Waals surface area contributed by atoms with Crippen LogP contribution >= 0.6 is 0 Å². The van der Waals surface area contributed by atoms with Crippen LogP contribution < -0.4 is 0 Å². The van der Waals surface area contributed by atoms with E-state index in [2.05, 4.69) is 221 Å². The van der Waals surface area contributed by atoms with Gasteiger partial charge < -0.3 is 8.98 Å². The van der Waals surface area contributed by atoms with Crippen molar-refractivity contribution < 1.29 is 4.42 Å². The van der Waals surface area contributed by atoms with E-state index in [4.69, 9.17) is 14.4 Å². The van der Waals surface area contributed by atoms with E-state index in [-0.39, 0.29) is 0 Å². The Kier molecular flexibility index (Phi) is 8.21. The maximum atomic E-state index is 6.71. The molecule has 10 aromatic carbocycles. The number of furan rings is 1. The van der Waals surface area contributed by atoms with Crippen molar-refractivity contribution in [3.05, 3.63) is 231 Å². The molecule has 4 aromatic heterocycles. The molecule has 0 saturated carbocycles. The molecule has 312 valence electrons. The highest BCUT2D eigenvalue weighted by molar-refractivity contribution is 6.13. The average molecular weight is 855 g/mol. The second-order valence-electron chi connectivity index (χ2n) is 17.4. The Morgan fingerprint density at radius 1 is 0.313 bits per heavy atom. The molecule has 0 radical (unpaired) electrons. The normalized spacial score (nSPS) is 11.9. The molecule has 5 nitrogen and oxygen atoms in total. The summed E-state index contributed by atoms with van der Waals surface area (Å²) in [6.07, 6.45) is 0. The van der Waals surface area contributed by atoms with Crippen LogP contribution in [-0.2, 0) is 0 Å². The van der Waals surface area contributed by atoms with Gasteiger partial charge in [0.1, 0.15) is 16.8 Å². The molecule has 4 heterocycles. The van der Waals surface area contributed by atoms with Gasteiger partial charge in [0.25, 0.3) is 0 Å². The Balaban J connectivity index is 0.926. The first kappa shape index (κ1) is 37.3. The van der Waals surface area contributed by atoms with Gasteiger partial charge >= 0.3 is 0 Å². The molecule has 0 aliphatic heterocycles. The summed E-state index contributed by atoms with van der Waals surface area (Å²) in [5, 5.41) is 8.07. The molecule has 14 rings (SSSR count). The lowest BCUT2D eigenvalue weighted by Crippen LogP contribution is -2.02. The summed E-state index contributed by atoms with van der Waals surface area (Å²) in [5.74, 6) is 0.591. The highest BCUT2D eigenvalue weighted by Crippen LogP contribution is 2.41. The Morgan fingerprint density at radius 3 is 1.42 bits per heavy atom. The summed E-state index contributed by atoms with van der Waals surface area (Å²) in [4.78, 5) is 10.8. The number of fused-ring (bicyclic) bond motifs is 10. The molecule has 0 aliphatic rings. The predicted molar refractivity (Wildman–Crippen MR) is 277 cm³/mol. The topological polar surface area (TPSA) is 48.8 Å². The second kappa shape index (κ2) is 14.7. The Bertz CT molecular complexity index is 4260. The lowest BCUT2D eigenvalue weighted by molar-refractivity contribution is 0.666. The number of aromatic nitrogens is 4. The zero-order chi connectivity index (χ0) is 44.0. The van der Waals surface area contributed by atoms with E-state index in [1.807, 2.05) is 18.2 Å². The number of benzene rings is 10. The second-order valence-corrected chi connectivity index (χ2v) is 17.4. The fourth-order valence-electron chi connectivity index (χ4n) is 10.3. The standard InChI is InChI=1S/C62H38N4O/c1-4-14-39(15-5-1)41-24-25-43-35-44(27-26-42(43)34-41)47-30-33-58-53(38-47)60-61(67-58)59(40-16-6-2-7-17-40)63-62(64-60)66-55-23-13-11-21-50(55)52-37-46(29-32-57(52)66)45-28-31-56-51(36-45)49-20-10-12-22-54(49)65(56)48-18-8-3-9-19-48/h1-38H.